The zero-order valence-electron chi connectivity index (χ0n) is 15.0. The molecule has 1 N–H and O–H groups in total. The van der Waals surface area contributed by atoms with Gasteiger partial charge < -0.3 is 19.5 Å². The van der Waals surface area contributed by atoms with Crippen LogP contribution in [0.5, 0.6) is 11.5 Å². The molecule has 0 aliphatic carbocycles. The van der Waals surface area contributed by atoms with Crippen molar-refractivity contribution >= 4 is 28.3 Å². The van der Waals surface area contributed by atoms with Gasteiger partial charge in [0.05, 0.1) is 25.5 Å². The van der Waals surface area contributed by atoms with E-state index in [0.29, 0.717) is 22.7 Å². The molecule has 6 heteroatoms. The van der Waals surface area contributed by atoms with Gasteiger partial charge in [0.15, 0.2) is 6.61 Å². The molecule has 0 fully saturated rings. The first-order valence-corrected chi connectivity index (χ1v) is 8.28. The van der Waals surface area contributed by atoms with Crippen LogP contribution < -0.4 is 14.8 Å². The number of methoxy groups -OCH3 is 2. The second-order valence-corrected chi connectivity index (χ2v) is 5.75. The molecule has 3 aromatic rings. The number of benzene rings is 3. The normalized spacial score (nSPS) is 10.3. The molecule has 138 valence electrons. The van der Waals surface area contributed by atoms with Gasteiger partial charge in [-0.3, -0.25) is 4.79 Å². The lowest BCUT2D eigenvalue weighted by molar-refractivity contribution is -0.119. The van der Waals surface area contributed by atoms with Crippen LogP contribution >= 0.6 is 0 Å². The Bertz CT molecular complexity index is 983. The molecule has 0 aromatic heterocycles. The van der Waals surface area contributed by atoms with Gasteiger partial charge in [-0.25, -0.2) is 4.79 Å². The molecule has 0 atom stereocenters. The van der Waals surface area contributed by atoms with Crippen molar-refractivity contribution in [1.29, 1.82) is 0 Å². The summed E-state index contributed by atoms with van der Waals surface area (Å²) < 4.78 is 15.5. The van der Waals surface area contributed by atoms with E-state index in [-0.39, 0.29) is 0 Å². The first-order chi connectivity index (χ1) is 13.1. The smallest absolute Gasteiger partial charge is 0.338 e. The van der Waals surface area contributed by atoms with Crippen molar-refractivity contribution in [2.45, 2.75) is 0 Å². The van der Waals surface area contributed by atoms with Crippen LogP contribution in [0, 0.1) is 0 Å². The highest BCUT2D eigenvalue weighted by Crippen LogP contribution is 2.28. The third kappa shape index (κ3) is 4.36. The molecule has 0 bridgehead atoms. The Hall–Kier alpha value is -3.54. The zero-order chi connectivity index (χ0) is 19.2. The molecule has 27 heavy (non-hydrogen) atoms. The highest BCUT2D eigenvalue weighted by Gasteiger charge is 2.13. The molecule has 0 spiro atoms. The standard InChI is InChI=1S/C21H19NO5/c1-25-17-9-10-19(26-2)18(12-17)22-20(23)13-27-21(24)16-8-7-14-5-3-4-6-15(14)11-16/h3-12H,13H2,1-2H3,(H,22,23). The number of esters is 1. The van der Waals surface area contributed by atoms with Crippen molar-refractivity contribution in [1.82, 2.24) is 0 Å². The van der Waals surface area contributed by atoms with Gasteiger partial charge >= 0.3 is 5.97 Å². The van der Waals surface area contributed by atoms with Crippen LogP contribution in [0.15, 0.2) is 60.7 Å². The van der Waals surface area contributed by atoms with Crippen molar-refractivity contribution in [2.24, 2.45) is 0 Å². The number of fused-ring (bicyclic) bond motifs is 1. The Balaban J connectivity index is 1.63. The Morgan fingerprint density at radius 2 is 1.67 bits per heavy atom. The van der Waals surface area contributed by atoms with Gasteiger partial charge in [-0.05, 0) is 35.0 Å². The van der Waals surface area contributed by atoms with E-state index in [1.165, 1.54) is 14.2 Å². The van der Waals surface area contributed by atoms with Gasteiger partial charge in [0.25, 0.3) is 5.91 Å². The maximum absolute atomic E-state index is 12.2. The Kier molecular flexibility index (Phi) is 5.56. The highest BCUT2D eigenvalue weighted by atomic mass is 16.5. The topological polar surface area (TPSA) is 73.9 Å². The fourth-order valence-corrected chi connectivity index (χ4v) is 2.63. The summed E-state index contributed by atoms with van der Waals surface area (Å²) in [5, 5.41) is 4.60. The Morgan fingerprint density at radius 1 is 0.889 bits per heavy atom. The van der Waals surface area contributed by atoms with E-state index in [1.54, 1.807) is 30.3 Å². The molecule has 0 radical (unpaired) electrons. The van der Waals surface area contributed by atoms with Crippen LogP contribution in [0.25, 0.3) is 10.8 Å². The second kappa shape index (κ2) is 8.23. The summed E-state index contributed by atoms with van der Waals surface area (Å²) in [5.74, 6) is 0.00784. The lowest BCUT2D eigenvalue weighted by Crippen LogP contribution is -2.21. The van der Waals surface area contributed by atoms with E-state index in [4.69, 9.17) is 14.2 Å². The fraction of sp³-hybridized carbons (Fsp3) is 0.143. The van der Waals surface area contributed by atoms with Crippen molar-refractivity contribution in [2.75, 3.05) is 26.1 Å². The van der Waals surface area contributed by atoms with Crippen molar-refractivity contribution in [3.8, 4) is 11.5 Å². The summed E-state index contributed by atoms with van der Waals surface area (Å²) in [5.41, 5.74) is 0.823. The minimum absolute atomic E-state index is 0.389. The predicted octanol–water partition coefficient (Wildman–Crippen LogP) is 3.65. The third-order valence-electron chi connectivity index (χ3n) is 4.00. The van der Waals surface area contributed by atoms with Gasteiger partial charge in [0.2, 0.25) is 0 Å². The number of hydrogen-bond donors (Lipinski definition) is 1. The molecular formula is C21H19NO5. The summed E-state index contributed by atoms with van der Waals surface area (Å²) in [6, 6.07) is 18.0. The van der Waals surface area contributed by atoms with E-state index in [2.05, 4.69) is 5.32 Å². The van der Waals surface area contributed by atoms with Crippen LogP contribution in [0.2, 0.25) is 0 Å². The predicted molar refractivity (Wildman–Crippen MR) is 102 cm³/mol. The second-order valence-electron chi connectivity index (χ2n) is 5.75. The maximum atomic E-state index is 12.2. The number of hydrogen-bond acceptors (Lipinski definition) is 5. The molecule has 0 aliphatic heterocycles. The Labute approximate surface area is 156 Å². The van der Waals surface area contributed by atoms with Crippen molar-refractivity contribution in [3.63, 3.8) is 0 Å². The van der Waals surface area contributed by atoms with Crippen LogP contribution in [-0.2, 0) is 9.53 Å². The summed E-state index contributed by atoms with van der Waals surface area (Å²) in [4.78, 5) is 24.4. The lowest BCUT2D eigenvalue weighted by Gasteiger charge is -2.12. The quantitative estimate of drug-likeness (QED) is 0.675. The molecule has 3 aromatic carbocycles. The zero-order valence-corrected chi connectivity index (χ0v) is 15.0. The average molecular weight is 365 g/mol. The summed E-state index contributed by atoms with van der Waals surface area (Å²) in [6.07, 6.45) is 0. The molecule has 6 nitrogen and oxygen atoms in total. The number of anilines is 1. The molecule has 1 amide bonds. The monoisotopic (exact) mass is 365 g/mol. The van der Waals surface area contributed by atoms with Crippen LogP contribution in [0.3, 0.4) is 0 Å². The van der Waals surface area contributed by atoms with E-state index < -0.39 is 18.5 Å². The van der Waals surface area contributed by atoms with Crippen LogP contribution in [-0.4, -0.2) is 32.7 Å². The number of rotatable bonds is 6. The maximum Gasteiger partial charge on any atom is 0.338 e. The van der Waals surface area contributed by atoms with Crippen molar-refractivity contribution < 1.29 is 23.8 Å². The fourth-order valence-electron chi connectivity index (χ4n) is 2.63. The number of nitrogens with one attached hydrogen (secondary N) is 1. The molecular weight excluding hydrogens is 346 g/mol. The van der Waals surface area contributed by atoms with E-state index in [1.807, 2.05) is 30.3 Å². The van der Waals surface area contributed by atoms with Crippen LogP contribution in [0.4, 0.5) is 5.69 Å². The number of ether oxygens (including phenoxy) is 3. The van der Waals surface area contributed by atoms with Crippen molar-refractivity contribution in [3.05, 3.63) is 66.2 Å². The molecule has 0 saturated carbocycles. The molecule has 0 heterocycles. The average Bonchev–Trinajstić information content (AvgIpc) is 2.71. The molecule has 0 aliphatic rings. The van der Waals surface area contributed by atoms with Gasteiger partial charge in [-0.2, -0.15) is 0 Å². The van der Waals surface area contributed by atoms with E-state index in [0.717, 1.165) is 10.8 Å². The molecule has 0 unspecified atom stereocenters. The SMILES string of the molecule is COc1ccc(OC)c(NC(=O)COC(=O)c2ccc3ccccc3c2)c1. The largest absolute Gasteiger partial charge is 0.497 e. The number of carbonyl (C=O) groups is 2. The summed E-state index contributed by atoms with van der Waals surface area (Å²) in [7, 11) is 3.02. The number of carbonyl (C=O) groups excluding carboxylic acids is 2. The van der Waals surface area contributed by atoms with Gasteiger partial charge in [0, 0.05) is 6.07 Å². The summed E-state index contributed by atoms with van der Waals surface area (Å²) in [6.45, 7) is -0.411. The summed E-state index contributed by atoms with van der Waals surface area (Å²) >= 11 is 0. The van der Waals surface area contributed by atoms with Gasteiger partial charge in [-0.1, -0.05) is 30.3 Å². The van der Waals surface area contributed by atoms with E-state index >= 15 is 0 Å². The van der Waals surface area contributed by atoms with Crippen LogP contribution in [0.1, 0.15) is 10.4 Å². The first kappa shape index (κ1) is 18.3. The third-order valence-corrected chi connectivity index (χ3v) is 4.00. The first-order valence-electron chi connectivity index (χ1n) is 8.28. The van der Waals surface area contributed by atoms with Gasteiger partial charge in [0.1, 0.15) is 11.5 Å². The lowest BCUT2D eigenvalue weighted by atomic mass is 10.1. The molecule has 3 rings (SSSR count). The minimum Gasteiger partial charge on any atom is -0.497 e. The molecule has 0 saturated heterocycles. The Morgan fingerprint density at radius 3 is 2.41 bits per heavy atom. The number of amides is 1. The van der Waals surface area contributed by atoms with Gasteiger partial charge in [-0.15, -0.1) is 0 Å². The highest BCUT2D eigenvalue weighted by molar-refractivity contribution is 5.98. The minimum atomic E-state index is -0.562. The van der Waals surface area contributed by atoms with E-state index in [9.17, 15) is 9.59 Å².